The molecule has 90 valence electrons. The summed E-state index contributed by atoms with van der Waals surface area (Å²) in [5.41, 5.74) is 0. The molecule has 1 rings (SSSR count). The van der Waals surface area contributed by atoms with Crippen molar-refractivity contribution >= 4 is 0 Å². The first-order chi connectivity index (χ1) is 7.10. The molecule has 1 fully saturated rings. The van der Waals surface area contributed by atoms with E-state index in [9.17, 15) is 0 Å². The Morgan fingerprint density at radius 1 is 1.07 bits per heavy atom. The van der Waals surface area contributed by atoms with Gasteiger partial charge < -0.3 is 0 Å². The highest BCUT2D eigenvalue weighted by molar-refractivity contribution is 4.86. The summed E-state index contributed by atoms with van der Waals surface area (Å²) in [5.74, 6) is 4.95. The van der Waals surface area contributed by atoms with Crippen molar-refractivity contribution in [3.63, 3.8) is 0 Å². The Balaban J connectivity index is 2.26. The molecule has 0 nitrogen and oxygen atoms in total. The lowest BCUT2D eigenvalue weighted by atomic mass is 9.79. The van der Waals surface area contributed by atoms with Crippen molar-refractivity contribution in [1.29, 1.82) is 0 Å². The Labute approximate surface area is 96.8 Å². The zero-order chi connectivity index (χ0) is 11.4. The molecule has 4 unspecified atom stereocenters. The standard InChI is InChI=1S/C15H30/c1-6-12(5)15(11(3)4)9-8-14-10-13(14)7-2/h11-15H,6-10H2,1-5H3. The van der Waals surface area contributed by atoms with Gasteiger partial charge in [-0.3, -0.25) is 0 Å². The third-order valence-corrected chi connectivity index (χ3v) is 4.70. The summed E-state index contributed by atoms with van der Waals surface area (Å²) in [6, 6.07) is 0. The summed E-state index contributed by atoms with van der Waals surface area (Å²) in [6.07, 6.45) is 7.28. The van der Waals surface area contributed by atoms with E-state index in [-0.39, 0.29) is 0 Å². The Bertz CT molecular complexity index is 171. The molecule has 0 bridgehead atoms. The molecule has 4 atom stereocenters. The first-order valence-corrected chi connectivity index (χ1v) is 7.10. The van der Waals surface area contributed by atoms with Crippen LogP contribution in [0.15, 0.2) is 0 Å². The highest BCUT2D eigenvalue weighted by Gasteiger charge is 2.35. The molecule has 1 aliphatic carbocycles. The molecule has 0 saturated heterocycles. The van der Waals surface area contributed by atoms with Gasteiger partial charge in [-0.05, 0) is 48.9 Å². The zero-order valence-electron chi connectivity index (χ0n) is 11.4. The van der Waals surface area contributed by atoms with Gasteiger partial charge in [0, 0.05) is 0 Å². The van der Waals surface area contributed by atoms with Crippen molar-refractivity contribution in [2.45, 2.75) is 66.7 Å². The van der Waals surface area contributed by atoms with E-state index in [1.807, 2.05) is 0 Å². The smallest absolute Gasteiger partial charge is 0.0365 e. The molecule has 1 saturated carbocycles. The average Bonchev–Trinajstić information content (AvgIpc) is 2.96. The van der Waals surface area contributed by atoms with Crippen LogP contribution in [-0.4, -0.2) is 0 Å². The monoisotopic (exact) mass is 210 g/mol. The molecular weight excluding hydrogens is 180 g/mol. The SMILES string of the molecule is CCC(C)C(CCC1CC1CC)C(C)C. The maximum absolute atomic E-state index is 2.44. The molecule has 15 heavy (non-hydrogen) atoms. The third-order valence-electron chi connectivity index (χ3n) is 4.70. The fourth-order valence-electron chi connectivity index (χ4n) is 3.15. The van der Waals surface area contributed by atoms with E-state index >= 15 is 0 Å². The predicted octanol–water partition coefficient (Wildman–Crippen LogP) is 5.13. The van der Waals surface area contributed by atoms with Crippen molar-refractivity contribution < 1.29 is 0 Å². The molecule has 0 spiro atoms. The predicted molar refractivity (Wildman–Crippen MR) is 68.9 cm³/mol. The van der Waals surface area contributed by atoms with Crippen LogP contribution < -0.4 is 0 Å². The fraction of sp³-hybridized carbons (Fsp3) is 1.00. The van der Waals surface area contributed by atoms with Gasteiger partial charge in [0.2, 0.25) is 0 Å². The largest absolute Gasteiger partial charge is 0.0651 e. The van der Waals surface area contributed by atoms with Crippen molar-refractivity contribution in [3.8, 4) is 0 Å². The van der Waals surface area contributed by atoms with Crippen molar-refractivity contribution in [1.82, 2.24) is 0 Å². The first-order valence-electron chi connectivity index (χ1n) is 7.10. The molecule has 0 aromatic heterocycles. The second kappa shape index (κ2) is 5.92. The summed E-state index contributed by atoms with van der Waals surface area (Å²) in [5, 5.41) is 0. The topological polar surface area (TPSA) is 0 Å². The van der Waals surface area contributed by atoms with E-state index in [1.165, 1.54) is 32.1 Å². The lowest BCUT2D eigenvalue weighted by Gasteiger charge is -2.26. The number of rotatable bonds is 7. The van der Waals surface area contributed by atoms with Crippen LogP contribution in [0.25, 0.3) is 0 Å². The first kappa shape index (κ1) is 13.1. The molecule has 0 aliphatic heterocycles. The van der Waals surface area contributed by atoms with Gasteiger partial charge in [-0.1, -0.05) is 47.5 Å². The summed E-state index contributed by atoms with van der Waals surface area (Å²) in [7, 11) is 0. The number of hydrogen-bond donors (Lipinski definition) is 0. The van der Waals surface area contributed by atoms with Gasteiger partial charge in [-0.2, -0.15) is 0 Å². The Morgan fingerprint density at radius 2 is 1.73 bits per heavy atom. The normalized spacial score (nSPS) is 29.2. The summed E-state index contributed by atoms with van der Waals surface area (Å²) >= 11 is 0. The maximum atomic E-state index is 2.44. The molecule has 0 amide bonds. The van der Waals surface area contributed by atoms with E-state index in [0.717, 1.165) is 29.6 Å². The van der Waals surface area contributed by atoms with Gasteiger partial charge in [0.05, 0.1) is 0 Å². The maximum Gasteiger partial charge on any atom is -0.0365 e. The van der Waals surface area contributed by atoms with Crippen LogP contribution in [0.5, 0.6) is 0 Å². The van der Waals surface area contributed by atoms with Crippen LogP contribution in [0.2, 0.25) is 0 Å². The fourth-order valence-corrected chi connectivity index (χ4v) is 3.15. The molecule has 0 N–H and O–H groups in total. The van der Waals surface area contributed by atoms with Gasteiger partial charge in [0.25, 0.3) is 0 Å². The van der Waals surface area contributed by atoms with E-state index in [1.54, 1.807) is 0 Å². The lowest BCUT2D eigenvalue weighted by molar-refractivity contribution is 0.237. The molecule has 0 aromatic carbocycles. The van der Waals surface area contributed by atoms with E-state index in [4.69, 9.17) is 0 Å². The van der Waals surface area contributed by atoms with E-state index < -0.39 is 0 Å². The van der Waals surface area contributed by atoms with Crippen molar-refractivity contribution in [2.75, 3.05) is 0 Å². The molecule has 0 heterocycles. The Kier molecular flexibility index (Phi) is 5.15. The molecule has 0 radical (unpaired) electrons. The summed E-state index contributed by atoms with van der Waals surface area (Å²) < 4.78 is 0. The average molecular weight is 210 g/mol. The van der Waals surface area contributed by atoms with Gasteiger partial charge in [-0.15, -0.1) is 0 Å². The molecule has 0 aromatic rings. The third kappa shape index (κ3) is 3.81. The lowest BCUT2D eigenvalue weighted by Crippen LogP contribution is -2.17. The van der Waals surface area contributed by atoms with Crippen molar-refractivity contribution in [3.05, 3.63) is 0 Å². The van der Waals surface area contributed by atoms with Gasteiger partial charge in [0.15, 0.2) is 0 Å². The zero-order valence-corrected chi connectivity index (χ0v) is 11.4. The minimum absolute atomic E-state index is 0.874. The van der Waals surface area contributed by atoms with Gasteiger partial charge >= 0.3 is 0 Å². The van der Waals surface area contributed by atoms with Gasteiger partial charge in [-0.25, -0.2) is 0 Å². The van der Waals surface area contributed by atoms with Crippen LogP contribution in [0, 0.1) is 29.6 Å². The minimum atomic E-state index is 0.874. The number of hydrogen-bond acceptors (Lipinski definition) is 0. The molecule has 1 aliphatic rings. The van der Waals surface area contributed by atoms with Crippen LogP contribution >= 0.6 is 0 Å². The van der Waals surface area contributed by atoms with E-state index in [2.05, 4.69) is 34.6 Å². The highest BCUT2D eigenvalue weighted by atomic mass is 14.4. The Hall–Kier alpha value is 0. The minimum Gasteiger partial charge on any atom is -0.0651 e. The quantitative estimate of drug-likeness (QED) is 0.546. The summed E-state index contributed by atoms with van der Waals surface area (Å²) in [4.78, 5) is 0. The van der Waals surface area contributed by atoms with Crippen molar-refractivity contribution in [2.24, 2.45) is 29.6 Å². The van der Waals surface area contributed by atoms with Crippen LogP contribution in [0.1, 0.15) is 66.7 Å². The Morgan fingerprint density at radius 3 is 2.13 bits per heavy atom. The molecular formula is C15H30. The summed E-state index contributed by atoms with van der Waals surface area (Å²) in [6.45, 7) is 11.9. The molecule has 0 heteroatoms. The van der Waals surface area contributed by atoms with Crippen LogP contribution in [0.3, 0.4) is 0 Å². The second-order valence-corrected chi connectivity index (χ2v) is 6.03. The van der Waals surface area contributed by atoms with Gasteiger partial charge in [0.1, 0.15) is 0 Å². The highest BCUT2D eigenvalue weighted by Crippen LogP contribution is 2.45. The van der Waals surface area contributed by atoms with Crippen LogP contribution in [0.4, 0.5) is 0 Å². The van der Waals surface area contributed by atoms with Crippen LogP contribution in [-0.2, 0) is 0 Å². The van der Waals surface area contributed by atoms with E-state index in [0.29, 0.717) is 0 Å². The second-order valence-electron chi connectivity index (χ2n) is 6.03.